The van der Waals surface area contributed by atoms with Gasteiger partial charge in [0.25, 0.3) is 0 Å². The van der Waals surface area contributed by atoms with Crippen LogP contribution in [0.25, 0.3) is 0 Å². The molecule has 0 saturated carbocycles. The number of likely N-dealkylation sites (N-methyl/N-ethyl adjacent to an activating group) is 1. The van der Waals surface area contributed by atoms with Gasteiger partial charge in [0.05, 0.1) is 0 Å². The summed E-state index contributed by atoms with van der Waals surface area (Å²) in [4.78, 5) is 41.3. The van der Waals surface area contributed by atoms with Gasteiger partial charge in [-0.2, -0.15) is 0 Å². The molecule has 2 aromatic carbocycles. The monoisotopic (exact) mass is 511 g/mol. The van der Waals surface area contributed by atoms with Gasteiger partial charge in [-0.25, -0.2) is 4.79 Å². The fraction of sp³-hybridized carbons (Fsp3) is 0.483. The van der Waals surface area contributed by atoms with E-state index >= 15 is 0 Å². The number of nitrogens with zero attached hydrogens (tertiary/aromatic N) is 1. The normalized spacial score (nSPS) is 12.8. The number of aromatic hydroxyl groups is 1. The molecule has 0 fully saturated rings. The highest BCUT2D eigenvalue weighted by Crippen LogP contribution is 2.26. The first-order chi connectivity index (χ1) is 17.3. The molecule has 0 saturated heterocycles. The number of amides is 3. The summed E-state index contributed by atoms with van der Waals surface area (Å²) in [5.74, 6) is -0.617. The Hall–Kier alpha value is -3.55. The molecule has 0 radical (unpaired) electrons. The van der Waals surface area contributed by atoms with Crippen molar-refractivity contribution in [3.8, 4) is 5.75 Å². The number of hydrogen-bond acceptors (Lipinski definition) is 5. The molecule has 202 valence electrons. The number of ether oxygens (including phenoxy) is 1. The fourth-order valence-corrected chi connectivity index (χ4v) is 4.03. The smallest absolute Gasteiger partial charge is 0.408 e. The Kier molecular flexibility index (Phi) is 10.5. The van der Waals surface area contributed by atoms with Crippen LogP contribution >= 0.6 is 0 Å². The van der Waals surface area contributed by atoms with E-state index in [0.717, 1.165) is 35.1 Å². The second-order valence-electron chi connectivity index (χ2n) is 10.4. The van der Waals surface area contributed by atoms with Gasteiger partial charge in [-0.1, -0.05) is 49.2 Å². The first kappa shape index (κ1) is 29.7. The summed E-state index contributed by atoms with van der Waals surface area (Å²) >= 11 is 0. The summed E-state index contributed by atoms with van der Waals surface area (Å²) in [5.41, 5.74) is 2.65. The minimum atomic E-state index is -0.999. The number of phenolic OH excluding ortho intramolecular Hbond substituents is 1. The molecular formula is C29H41N3O5. The maximum absolute atomic E-state index is 13.9. The number of carbonyl (C=O) groups excluding carboxylic acids is 3. The summed E-state index contributed by atoms with van der Waals surface area (Å²) < 4.78 is 5.41. The minimum absolute atomic E-state index is 0.0995. The van der Waals surface area contributed by atoms with Crippen LogP contribution in [0.2, 0.25) is 0 Å². The number of unbranched alkanes of at least 4 members (excludes halogenated alkanes) is 1. The average molecular weight is 512 g/mol. The molecule has 8 nitrogen and oxygen atoms in total. The molecule has 0 bridgehead atoms. The first-order valence-corrected chi connectivity index (χ1v) is 12.7. The lowest BCUT2D eigenvalue weighted by molar-refractivity contribution is -0.140. The van der Waals surface area contributed by atoms with Gasteiger partial charge in [-0.15, -0.1) is 0 Å². The van der Waals surface area contributed by atoms with E-state index in [1.807, 2.05) is 39.0 Å². The quantitative estimate of drug-likeness (QED) is 0.405. The molecule has 2 aromatic rings. The first-order valence-electron chi connectivity index (χ1n) is 12.7. The van der Waals surface area contributed by atoms with Crippen molar-refractivity contribution in [1.29, 1.82) is 0 Å². The molecule has 0 aliphatic rings. The third-order valence-electron chi connectivity index (χ3n) is 5.90. The Labute approximate surface area is 220 Å². The van der Waals surface area contributed by atoms with Crippen LogP contribution in [0.4, 0.5) is 4.79 Å². The van der Waals surface area contributed by atoms with Crippen LogP contribution in [0.1, 0.15) is 68.8 Å². The molecular weight excluding hydrogens is 470 g/mol. The van der Waals surface area contributed by atoms with E-state index in [1.54, 1.807) is 40.0 Å². The van der Waals surface area contributed by atoms with Gasteiger partial charge in [0.1, 0.15) is 23.4 Å². The predicted octanol–water partition coefficient (Wildman–Crippen LogP) is 4.56. The number of hydrogen-bond donors (Lipinski definition) is 3. The second kappa shape index (κ2) is 13.1. The number of aryl methyl sites for hydroxylation is 2. The third-order valence-corrected chi connectivity index (χ3v) is 5.90. The van der Waals surface area contributed by atoms with Crippen LogP contribution < -0.4 is 10.6 Å². The van der Waals surface area contributed by atoms with Crippen LogP contribution in [0, 0.1) is 13.8 Å². The van der Waals surface area contributed by atoms with Crippen LogP contribution in [0.3, 0.4) is 0 Å². The molecule has 0 aliphatic carbocycles. The van der Waals surface area contributed by atoms with E-state index in [1.165, 1.54) is 17.0 Å². The predicted molar refractivity (Wildman–Crippen MR) is 144 cm³/mol. The van der Waals surface area contributed by atoms with Gasteiger partial charge in [0.2, 0.25) is 11.8 Å². The third kappa shape index (κ3) is 9.12. The van der Waals surface area contributed by atoms with Crippen molar-refractivity contribution in [3.05, 3.63) is 64.7 Å². The van der Waals surface area contributed by atoms with E-state index < -0.39 is 29.7 Å². The summed E-state index contributed by atoms with van der Waals surface area (Å²) in [5, 5.41) is 15.3. The zero-order chi connectivity index (χ0) is 27.8. The molecule has 8 heteroatoms. The van der Waals surface area contributed by atoms with Crippen molar-refractivity contribution in [2.24, 2.45) is 0 Å². The number of carbonyl (C=O) groups is 3. The number of rotatable bonds is 10. The van der Waals surface area contributed by atoms with Crippen LogP contribution in [-0.4, -0.2) is 53.1 Å². The van der Waals surface area contributed by atoms with Crippen molar-refractivity contribution in [3.63, 3.8) is 0 Å². The summed E-state index contributed by atoms with van der Waals surface area (Å²) in [6, 6.07) is 10.3. The van der Waals surface area contributed by atoms with Crippen LogP contribution in [0.5, 0.6) is 5.75 Å². The standard InChI is InChI=1S/C29H41N3O5/c1-8-9-16-30-26(34)25(23-15-10-19(2)17-20(23)3)32(7)27(35)24(31-28(36)37-29(4,5)6)18-21-11-13-22(33)14-12-21/h10-15,17,24-25,33H,8-9,16,18H2,1-7H3,(H,30,34)(H,31,36). The van der Waals surface area contributed by atoms with Crippen molar-refractivity contribution >= 4 is 17.9 Å². The molecule has 2 unspecified atom stereocenters. The maximum Gasteiger partial charge on any atom is 0.408 e. The largest absolute Gasteiger partial charge is 0.508 e. The Morgan fingerprint density at radius 2 is 1.70 bits per heavy atom. The Morgan fingerprint density at radius 3 is 2.27 bits per heavy atom. The maximum atomic E-state index is 13.9. The molecule has 3 amide bonds. The highest BCUT2D eigenvalue weighted by atomic mass is 16.6. The van der Waals surface area contributed by atoms with Crippen LogP contribution in [-0.2, 0) is 20.7 Å². The Balaban J connectivity index is 2.42. The molecule has 0 aliphatic heterocycles. The van der Waals surface area contributed by atoms with Crippen molar-refractivity contribution < 1.29 is 24.2 Å². The molecule has 0 heterocycles. The highest BCUT2D eigenvalue weighted by molar-refractivity contribution is 5.92. The van der Waals surface area contributed by atoms with E-state index in [2.05, 4.69) is 10.6 Å². The molecule has 3 N–H and O–H groups in total. The Morgan fingerprint density at radius 1 is 1.05 bits per heavy atom. The van der Waals surface area contributed by atoms with Gasteiger partial charge in [-0.05, 0) is 69.9 Å². The minimum Gasteiger partial charge on any atom is -0.508 e. The number of phenols is 1. The van der Waals surface area contributed by atoms with Crippen LogP contribution in [0.15, 0.2) is 42.5 Å². The zero-order valence-corrected chi connectivity index (χ0v) is 23.1. The Bertz CT molecular complexity index is 1080. The lowest BCUT2D eigenvalue weighted by atomic mass is 9.96. The molecule has 2 atom stereocenters. The van der Waals surface area contributed by atoms with Crippen molar-refractivity contribution in [2.45, 2.75) is 78.5 Å². The topological polar surface area (TPSA) is 108 Å². The van der Waals surface area contributed by atoms with Gasteiger partial charge < -0.3 is 25.4 Å². The highest BCUT2D eigenvalue weighted by Gasteiger charge is 2.34. The van der Waals surface area contributed by atoms with Gasteiger partial charge >= 0.3 is 6.09 Å². The molecule has 2 rings (SSSR count). The van der Waals surface area contributed by atoms with Crippen molar-refractivity contribution in [2.75, 3.05) is 13.6 Å². The van der Waals surface area contributed by atoms with E-state index in [9.17, 15) is 19.5 Å². The van der Waals surface area contributed by atoms with Crippen molar-refractivity contribution in [1.82, 2.24) is 15.5 Å². The molecule has 37 heavy (non-hydrogen) atoms. The summed E-state index contributed by atoms with van der Waals surface area (Å²) in [6.45, 7) is 11.7. The number of nitrogens with one attached hydrogen (secondary N) is 2. The lowest BCUT2D eigenvalue weighted by Crippen LogP contribution is -2.52. The number of alkyl carbamates (subject to hydrolysis) is 1. The zero-order valence-electron chi connectivity index (χ0n) is 23.1. The fourth-order valence-electron chi connectivity index (χ4n) is 4.03. The van der Waals surface area contributed by atoms with E-state index in [4.69, 9.17) is 4.74 Å². The molecule has 0 aromatic heterocycles. The summed E-state index contributed by atoms with van der Waals surface area (Å²) in [7, 11) is 1.58. The second-order valence-corrected chi connectivity index (χ2v) is 10.4. The average Bonchev–Trinajstić information content (AvgIpc) is 2.80. The van der Waals surface area contributed by atoms with Gasteiger partial charge in [0, 0.05) is 20.0 Å². The lowest BCUT2D eigenvalue weighted by Gasteiger charge is -2.32. The van der Waals surface area contributed by atoms with Gasteiger partial charge in [-0.3, -0.25) is 9.59 Å². The molecule has 0 spiro atoms. The van der Waals surface area contributed by atoms with E-state index in [-0.39, 0.29) is 18.1 Å². The van der Waals surface area contributed by atoms with E-state index in [0.29, 0.717) is 6.54 Å². The van der Waals surface area contributed by atoms with Gasteiger partial charge in [0.15, 0.2) is 0 Å². The summed E-state index contributed by atoms with van der Waals surface area (Å²) in [6.07, 6.45) is 1.18. The SMILES string of the molecule is CCCCNC(=O)C(c1ccc(C)cc1C)N(C)C(=O)C(Cc1ccc(O)cc1)NC(=O)OC(C)(C)C. The number of benzene rings is 2.